The van der Waals surface area contributed by atoms with Gasteiger partial charge in [0.15, 0.2) is 5.76 Å². The van der Waals surface area contributed by atoms with E-state index in [1.165, 1.54) is 4.90 Å². The number of para-hydroxylation sites is 1. The minimum absolute atomic E-state index is 0.221. The number of hydrogen-bond acceptors (Lipinski definition) is 5. The lowest BCUT2D eigenvalue weighted by Crippen LogP contribution is -2.25. The lowest BCUT2D eigenvalue weighted by atomic mass is 10.3. The standard InChI is InChI=1S/C18H18N2O4/c1-13-10-14(19-24-13)11-20(2)18(21)17-9-8-16(23-17)12-22-15-6-4-3-5-7-15/h3-10H,11-12H2,1-2H3. The minimum atomic E-state index is -0.221. The third-order valence-electron chi connectivity index (χ3n) is 3.42. The summed E-state index contributed by atoms with van der Waals surface area (Å²) in [5, 5.41) is 3.88. The fraction of sp³-hybridized carbons (Fsp3) is 0.222. The minimum Gasteiger partial charge on any atom is -0.486 e. The van der Waals surface area contributed by atoms with Crippen molar-refractivity contribution < 1.29 is 18.5 Å². The average Bonchev–Trinajstić information content (AvgIpc) is 3.22. The highest BCUT2D eigenvalue weighted by Gasteiger charge is 2.17. The summed E-state index contributed by atoms with van der Waals surface area (Å²) in [4.78, 5) is 13.9. The first kappa shape index (κ1) is 15.9. The zero-order valence-corrected chi connectivity index (χ0v) is 13.6. The summed E-state index contributed by atoms with van der Waals surface area (Å²) >= 11 is 0. The number of hydrogen-bond donors (Lipinski definition) is 0. The molecule has 0 fully saturated rings. The van der Waals surface area contributed by atoms with Crippen molar-refractivity contribution in [1.29, 1.82) is 0 Å². The smallest absolute Gasteiger partial charge is 0.289 e. The van der Waals surface area contributed by atoms with E-state index in [4.69, 9.17) is 13.7 Å². The molecule has 0 bridgehead atoms. The van der Waals surface area contributed by atoms with Crippen molar-refractivity contribution in [2.45, 2.75) is 20.1 Å². The van der Waals surface area contributed by atoms with E-state index < -0.39 is 0 Å². The monoisotopic (exact) mass is 326 g/mol. The van der Waals surface area contributed by atoms with Crippen LogP contribution in [-0.2, 0) is 13.2 Å². The van der Waals surface area contributed by atoms with Gasteiger partial charge in [-0.15, -0.1) is 0 Å². The van der Waals surface area contributed by atoms with Gasteiger partial charge in [-0.25, -0.2) is 0 Å². The van der Waals surface area contributed by atoms with Crippen molar-refractivity contribution in [3.05, 3.63) is 71.5 Å². The Morgan fingerprint density at radius 3 is 2.71 bits per heavy atom. The molecule has 0 aliphatic carbocycles. The van der Waals surface area contributed by atoms with Gasteiger partial charge in [-0.1, -0.05) is 23.4 Å². The normalized spacial score (nSPS) is 10.6. The van der Waals surface area contributed by atoms with Crippen molar-refractivity contribution in [3.8, 4) is 5.75 Å². The largest absolute Gasteiger partial charge is 0.486 e. The number of rotatable bonds is 6. The maximum atomic E-state index is 12.4. The Morgan fingerprint density at radius 1 is 1.21 bits per heavy atom. The van der Waals surface area contributed by atoms with Crippen LogP contribution in [-0.4, -0.2) is 23.0 Å². The van der Waals surface area contributed by atoms with E-state index in [0.717, 1.165) is 5.75 Å². The highest BCUT2D eigenvalue weighted by molar-refractivity contribution is 5.91. The highest BCUT2D eigenvalue weighted by atomic mass is 16.5. The zero-order valence-electron chi connectivity index (χ0n) is 13.6. The van der Waals surface area contributed by atoms with Gasteiger partial charge in [-0.05, 0) is 31.2 Å². The van der Waals surface area contributed by atoms with Crippen molar-refractivity contribution in [3.63, 3.8) is 0 Å². The van der Waals surface area contributed by atoms with E-state index in [2.05, 4.69) is 5.16 Å². The Labute approximate surface area is 139 Å². The fourth-order valence-corrected chi connectivity index (χ4v) is 2.24. The molecule has 1 aromatic carbocycles. The molecule has 124 valence electrons. The predicted octanol–water partition coefficient (Wildman–Crippen LogP) is 3.43. The molecule has 0 aliphatic heterocycles. The van der Waals surface area contributed by atoms with Gasteiger partial charge >= 0.3 is 0 Å². The first-order valence-electron chi connectivity index (χ1n) is 7.56. The van der Waals surface area contributed by atoms with Crippen LogP contribution in [0.1, 0.15) is 27.8 Å². The summed E-state index contributed by atoms with van der Waals surface area (Å²) in [5.41, 5.74) is 0.697. The van der Waals surface area contributed by atoms with E-state index in [9.17, 15) is 4.79 Å². The van der Waals surface area contributed by atoms with Crippen LogP contribution in [0.2, 0.25) is 0 Å². The van der Waals surface area contributed by atoms with Gasteiger partial charge in [0.1, 0.15) is 29.6 Å². The quantitative estimate of drug-likeness (QED) is 0.694. The van der Waals surface area contributed by atoms with E-state index >= 15 is 0 Å². The van der Waals surface area contributed by atoms with E-state index in [-0.39, 0.29) is 18.3 Å². The summed E-state index contributed by atoms with van der Waals surface area (Å²) in [5.74, 6) is 2.10. The number of benzene rings is 1. The predicted molar refractivity (Wildman–Crippen MR) is 86.5 cm³/mol. The highest BCUT2D eigenvalue weighted by Crippen LogP contribution is 2.15. The molecule has 2 heterocycles. The molecule has 0 N–H and O–H groups in total. The summed E-state index contributed by atoms with van der Waals surface area (Å²) in [6.07, 6.45) is 0. The van der Waals surface area contributed by atoms with Crippen LogP contribution in [0.5, 0.6) is 5.75 Å². The molecule has 0 radical (unpaired) electrons. The molecule has 2 aromatic heterocycles. The SMILES string of the molecule is Cc1cc(CN(C)C(=O)c2ccc(COc3ccccc3)o2)no1. The number of ether oxygens (including phenoxy) is 1. The average molecular weight is 326 g/mol. The molecule has 6 heteroatoms. The van der Waals surface area contributed by atoms with Gasteiger partial charge < -0.3 is 18.6 Å². The van der Waals surface area contributed by atoms with Crippen LogP contribution in [0.15, 0.2) is 57.5 Å². The second kappa shape index (κ2) is 7.04. The van der Waals surface area contributed by atoms with Gasteiger partial charge in [0.05, 0.1) is 6.54 Å². The molecule has 6 nitrogen and oxygen atoms in total. The fourth-order valence-electron chi connectivity index (χ4n) is 2.24. The van der Waals surface area contributed by atoms with Gasteiger partial charge in [0.25, 0.3) is 5.91 Å². The van der Waals surface area contributed by atoms with Crippen molar-refractivity contribution in [2.24, 2.45) is 0 Å². The first-order chi connectivity index (χ1) is 11.6. The first-order valence-corrected chi connectivity index (χ1v) is 7.56. The molecule has 0 spiro atoms. The Morgan fingerprint density at radius 2 is 2.00 bits per heavy atom. The van der Waals surface area contributed by atoms with Crippen LogP contribution in [0.4, 0.5) is 0 Å². The van der Waals surface area contributed by atoms with Crippen LogP contribution in [0, 0.1) is 6.92 Å². The molecular weight excluding hydrogens is 308 g/mol. The van der Waals surface area contributed by atoms with Crippen LogP contribution < -0.4 is 4.74 Å². The Balaban J connectivity index is 1.58. The molecule has 3 rings (SSSR count). The number of nitrogens with zero attached hydrogens (tertiary/aromatic N) is 2. The summed E-state index contributed by atoms with van der Waals surface area (Å²) in [6.45, 7) is 2.43. The zero-order chi connectivity index (χ0) is 16.9. The third kappa shape index (κ3) is 3.84. The van der Waals surface area contributed by atoms with Gasteiger partial charge in [-0.3, -0.25) is 4.79 Å². The summed E-state index contributed by atoms with van der Waals surface area (Å²) in [6, 6.07) is 14.6. The van der Waals surface area contributed by atoms with Gasteiger partial charge in [0, 0.05) is 13.1 Å². The maximum Gasteiger partial charge on any atom is 0.289 e. The molecular formula is C18H18N2O4. The second-order valence-corrected chi connectivity index (χ2v) is 5.46. The Hall–Kier alpha value is -3.02. The Kier molecular flexibility index (Phi) is 4.65. The molecule has 0 saturated heterocycles. The van der Waals surface area contributed by atoms with E-state index in [1.54, 1.807) is 25.2 Å². The molecule has 0 atom stereocenters. The third-order valence-corrected chi connectivity index (χ3v) is 3.42. The maximum absolute atomic E-state index is 12.4. The number of amides is 1. The molecule has 1 amide bonds. The number of furan rings is 1. The second-order valence-electron chi connectivity index (χ2n) is 5.46. The molecule has 0 aliphatic rings. The van der Waals surface area contributed by atoms with E-state index in [0.29, 0.717) is 23.8 Å². The molecule has 24 heavy (non-hydrogen) atoms. The topological polar surface area (TPSA) is 68.7 Å². The number of carbonyl (C=O) groups is 1. The molecule has 0 unspecified atom stereocenters. The Bertz CT molecular complexity index is 807. The van der Waals surface area contributed by atoms with Crippen LogP contribution in [0.3, 0.4) is 0 Å². The number of carbonyl (C=O) groups excluding carboxylic acids is 1. The van der Waals surface area contributed by atoms with Crippen LogP contribution in [0.25, 0.3) is 0 Å². The van der Waals surface area contributed by atoms with Crippen molar-refractivity contribution in [1.82, 2.24) is 10.1 Å². The molecule has 3 aromatic rings. The van der Waals surface area contributed by atoms with Gasteiger partial charge in [0.2, 0.25) is 0 Å². The summed E-state index contributed by atoms with van der Waals surface area (Å²) < 4.78 is 16.2. The lowest BCUT2D eigenvalue weighted by molar-refractivity contribution is 0.0746. The molecule has 0 saturated carbocycles. The number of aromatic nitrogens is 1. The van der Waals surface area contributed by atoms with Crippen molar-refractivity contribution >= 4 is 5.91 Å². The van der Waals surface area contributed by atoms with E-state index in [1.807, 2.05) is 37.3 Å². The summed E-state index contributed by atoms with van der Waals surface area (Å²) in [7, 11) is 1.69. The lowest BCUT2D eigenvalue weighted by Gasteiger charge is -2.13. The van der Waals surface area contributed by atoms with Gasteiger partial charge in [-0.2, -0.15) is 0 Å². The number of aryl methyl sites for hydroxylation is 1. The van der Waals surface area contributed by atoms with Crippen LogP contribution >= 0.6 is 0 Å². The van der Waals surface area contributed by atoms with Crippen molar-refractivity contribution in [2.75, 3.05) is 7.05 Å².